The topological polar surface area (TPSA) is 37.3 Å². The highest BCUT2D eigenvalue weighted by atomic mass is 127. The molecule has 0 aromatic heterocycles. The molecule has 0 amide bonds. The molecule has 0 bridgehead atoms. The first-order valence-electron chi connectivity index (χ1n) is 3.53. The number of aromatic hydroxyl groups is 1. The molecule has 0 atom stereocenters. The van der Waals surface area contributed by atoms with Crippen molar-refractivity contribution in [1.29, 1.82) is 0 Å². The van der Waals surface area contributed by atoms with Crippen molar-refractivity contribution < 1.29 is 9.90 Å². The molecule has 3 heteroatoms. The number of hydrogen-bond acceptors (Lipinski definition) is 2. The maximum atomic E-state index is 11.0. The van der Waals surface area contributed by atoms with E-state index in [0.29, 0.717) is 5.56 Å². The minimum atomic E-state index is -0.106. The second kappa shape index (κ2) is 3.43. The SMILES string of the molecule is CC(=O)c1ccc(C)c(I)c1O. The first-order valence-corrected chi connectivity index (χ1v) is 4.61. The summed E-state index contributed by atoms with van der Waals surface area (Å²) in [6, 6.07) is 3.48. The molecule has 0 aliphatic rings. The van der Waals surface area contributed by atoms with Crippen molar-refractivity contribution in [3.05, 3.63) is 26.8 Å². The van der Waals surface area contributed by atoms with Gasteiger partial charge in [0.15, 0.2) is 5.78 Å². The van der Waals surface area contributed by atoms with Gasteiger partial charge in [0.1, 0.15) is 5.75 Å². The van der Waals surface area contributed by atoms with Gasteiger partial charge in [0.05, 0.1) is 9.13 Å². The van der Waals surface area contributed by atoms with Gasteiger partial charge in [-0.2, -0.15) is 0 Å². The number of carbonyl (C=O) groups excluding carboxylic acids is 1. The Balaban J connectivity index is 3.36. The van der Waals surface area contributed by atoms with E-state index in [2.05, 4.69) is 0 Å². The van der Waals surface area contributed by atoms with Crippen LogP contribution in [0.4, 0.5) is 0 Å². The van der Waals surface area contributed by atoms with E-state index >= 15 is 0 Å². The molecule has 0 saturated heterocycles. The summed E-state index contributed by atoms with van der Waals surface area (Å²) in [6.07, 6.45) is 0. The largest absolute Gasteiger partial charge is 0.506 e. The van der Waals surface area contributed by atoms with E-state index < -0.39 is 0 Å². The fourth-order valence-electron chi connectivity index (χ4n) is 0.950. The number of benzene rings is 1. The van der Waals surface area contributed by atoms with Crippen LogP contribution in [0.2, 0.25) is 0 Å². The number of phenolic OH excluding ortho intramolecular Hbond substituents is 1. The number of aryl methyl sites for hydroxylation is 1. The molecule has 1 rings (SSSR count). The zero-order valence-corrected chi connectivity index (χ0v) is 9.05. The molecule has 1 N–H and O–H groups in total. The summed E-state index contributed by atoms with van der Waals surface area (Å²) >= 11 is 2.03. The number of halogens is 1. The van der Waals surface area contributed by atoms with Gasteiger partial charge in [-0.15, -0.1) is 0 Å². The Kier molecular flexibility index (Phi) is 2.72. The zero-order chi connectivity index (χ0) is 9.30. The predicted molar refractivity (Wildman–Crippen MR) is 55.6 cm³/mol. The normalized spacial score (nSPS) is 9.92. The van der Waals surface area contributed by atoms with E-state index in [1.54, 1.807) is 6.07 Å². The lowest BCUT2D eigenvalue weighted by Crippen LogP contribution is -1.95. The van der Waals surface area contributed by atoms with Crippen LogP contribution in [0.5, 0.6) is 5.75 Å². The Morgan fingerprint density at radius 2 is 2.08 bits per heavy atom. The summed E-state index contributed by atoms with van der Waals surface area (Å²) < 4.78 is 0.750. The third-order valence-corrected chi connectivity index (χ3v) is 3.05. The summed E-state index contributed by atoms with van der Waals surface area (Å²) in [7, 11) is 0. The Labute approximate surface area is 84.7 Å². The highest BCUT2D eigenvalue weighted by Gasteiger charge is 2.10. The first kappa shape index (κ1) is 9.51. The standard InChI is InChI=1S/C9H9IO2/c1-5-3-4-7(6(2)11)9(12)8(5)10/h3-4,12H,1-2H3. The van der Waals surface area contributed by atoms with Crippen LogP contribution in [0, 0.1) is 10.5 Å². The maximum Gasteiger partial charge on any atom is 0.163 e. The molecule has 0 aliphatic heterocycles. The van der Waals surface area contributed by atoms with E-state index in [4.69, 9.17) is 0 Å². The molecule has 0 radical (unpaired) electrons. The van der Waals surface area contributed by atoms with Gasteiger partial charge >= 0.3 is 0 Å². The molecule has 64 valence electrons. The van der Waals surface area contributed by atoms with E-state index in [0.717, 1.165) is 9.13 Å². The van der Waals surface area contributed by atoms with Crippen LogP contribution in [-0.4, -0.2) is 10.9 Å². The summed E-state index contributed by atoms with van der Waals surface area (Å²) in [5, 5.41) is 9.52. The third-order valence-electron chi connectivity index (χ3n) is 1.69. The second-order valence-electron chi connectivity index (χ2n) is 2.65. The lowest BCUT2D eigenvalue weighted by atomic mass is 10.1. The van der Waals surface area contributed by atoms with E-state index in [1.807, 2.05) is 35.6 Å². The minimum absolute atomic E-state index is 0.100. The van der Waals surface area contributed by atoms with Crippen molar-refractivity contribution in [3.8, 4) is 5.75 Å². The van der Waals surface area contributed by atoms with E-state index in [1.165, 1.54) is 6.92 Å². The quantitative estimate of drug-likeness (QED) is 0.632. The Morgan fingerprint density at radius 1 is 1.50 bits per heavy atom. The highest BCUT2D eigenvalue weighted by Crippen LogP contribution is 2.27. The smallest absolute Gasteiger partial charge is 0.163 e. The van der Waals surface area contributed by atoms with Crippen LogP contribution in [-0.2, 0) is 0 Å². The van der Waals surface area contributed by atoms with Gasteiger partial charge < -0.3 is 5.11 Å². The van der Waals surface area contributed by atoms with Crippen molar-refractivity contribution in [2.24, 2.45) is 0 Å². The summed E-state index contributed by atoms with van der Waals surface area (Å²) in [5.41, 5.74) is 1.38. The van der Waals surface area contributed by atoms with Gasteiger partial charge in [-0.25, -0.2) is 0 Å². The fraction of sp³-hybridized carbons (Fsp3) is 0.222. The van der Waals surface area contributed by atoms with Crippen molar-refractivity contribution in [1.82, 2.24) is 0 Å². The Hall–Kier alpha value is -0.580. The first-order chi connectivity index (χ1) is 5.54. The Morgan fingerprint density at radius 3 is 2.58 bits per heavy atom. The van der Waals surface area contributed by atoms with Gasteiger partial charge in [0.2, 0.25) is 0 Å². The minimum Gasteiger partial charge on any atom is -0.506 e. The highest BCUT2D eigenvalue weighted by molar-refractivity contribution is 14.1. The van der Waals surface area contributed by atoms with Crippen molar-refractivity contribution in [2.45, 2.75) is 13.8 Å². The lowest BCUT2D eigenvalue weighted by molar-refractivity contribution is 0.101. The van der Waals surface area contributed by atoms with Gasteiger partial charge in [-0.05, 0) is 48.1 Å². The number of rotatable bonds is 1. The number of hydrogen-bond donors (Lipinski definition) is 1. The number of phenols is 1. The number of ketones is 1. The molecule has 0 fully saturated rings. The number of Topliss-reactive ketones (excluding diaryl/α,β-unsaturated/α-hetero) is 1. The summed E-state index contributed by atoms with van der Waals surface area (Å²) in [6.45, 7) is 3.34. The number of carbonyl (C=O) groups is 1. The maximum absolute atomic E-state index is 11.0. The molecular weight excluding hydrogens is 267 g/mol. The van der Waals surface area contributed by atoms with Crippen LogP contribution in [0.25, 0.3) is 0 Å². The van der Waals surface area contributed by atoms with Crippen molar-refractivity contribution >= 4 is 28.4 Å². The second-order valence-corrected chi connectivity index (χ2v) is 3.73. The monoisotopic (exact) mass is 276 g/mol. The Bertz CT molecular complexity index is 332. The molecule has 1 aromatic carbocycles. The van der Waals surface area contributed by atoms with E-state index in [9.17, 15) is 9.90 Å². The zero-order valence-electron chi connectivity index (χ0n) is 6.89. The van der Waals surface area contributed by atoms with Crippen LogP contribution in [0.3, 0.4) is 0 Å². The van der Waals surface area contributed by atoms with Gasteiger partial charge in [0, 0.05) is 0 Å². The third kappa shape index (κ3) is 1.60. The molecule has 0 heterocycles. The predicted octanol–water partition coefficient (Wildman–Crippen LogP) is 2.51. The molecule has 0 saturated carbocycles. The molecular formula is C9H9IO2. The van der Waals surface area contributed by atoms with Gasteiger partial charge in [-0.1, -0.05) is 6.07 Å². The van der Waals surface area contributed by atoms with Crippen molar-refractivity contribution in [2.75, 3.05) is 0 Å². The average molecular weight is 276 g/mol. The van der Waals surface area contributed by atoms with Gasteiger partial charge in [0.25, 0.3) is 0 Å². The average Bonchev–Trinajstić information content (AvgIpc) is 2.00. The van der Waals surface area contributed by atoms with Gasteiger partial charge in [-0.3, -0.25) is 4.79 Å². The molecule has 12 heavy (non-hydrogen) atoms. The van der Waals surface area contributed by atoms with Crippen molar-refractivity contribution in [3.63, 3.8) is 0 Å². The van der Waals surface area contributed by atoms with Crippen LogP contribution >= 0.6 is 22.6 Å². The molecule has 0 spiro atoms. The molecule has 1 aromatic rings. The van der Waals surface area contributed by atoms with Crippen LogP contribution in [0.15, 0.2) is 12.1 Å². The summed E-state index contributed by atoms with van der Waals surface area (Å²) in [5.74, 6) is -0.00600. The molecule has 0 unspecified atom stereocenters. The molecule has 2 nitrogen and oxygen atoms in total. The van der Waals surface area contributed by atoms with Crippen LogP contribution in [0.1, 0.15) is 22.8 Å². The lowest BCUT2D eigenvalue weighted by Gasteiger charge is -2.04. The van der Waals surface area contributed by atoms with E-state index in [-0.39, 0.29) is 11.5 Å². The summed E-state index contributed by atoms with van der Waals surface area (Å²) in [4.78, 5) is 11.0. The van der Waals surface area contributed by atoms with Crippen LogP contribution < -0.4 is 0 Å². The molecule has 0 aliphatic carbocycles. The fourth-order valence-corrected chi connectivity index (χ4v) is 1.42.